The average molecular weight is 736 g/mol. The van der Waals surface area contributed by atoms with Crippen molar-refractivity contribution < 1.29 is 46.2 Å². The van der Waals surface area contributed by atoms with Crippen LogP contribution in [-0.4, -0.2) is 78.7 Å². The van der Waals surface area contributed by atoms with Crippen LogP contribution in [0.2, 0.25) is 0 Å². The first-order valence-corrected chi connectivity index (χ1v) is 21.6. The number of ketones is 1. The highest BCUT2D eigenvalue weighted by Crippen LogP contribution is 2.19. The second-order valence-electron chi connectivity index (χ2n) is 14.1. The van der Waals surface area contributed by atoms with Crippen molar-refractivity contribution in [3.05, 3.63) is 0 Å². The largest absolute Gasteiger partial charge is 0.726 e. The zero-order chi connectivity index (χ0) is 37.8. The van der Waals surface area contributed by atoms with Gasteiger partial charge in [-0.05, 0) is 12.8 Å². The molecule has 1 unspecified atom stereocenters. The van der Waals surface area contributed by atoms with Crippen LogP contribution in [0, 0.1) is 0 Å². The molecule has 0 aromatic heterocycles. The van der Waals surface area contributed by atoms with Gasteiger partial charge < -0.3 is 14.8 Å². The van der Waals surface area contributed by atoms with E-state index in [2.05, 4.69) is 18.0 Å². The molecule has 0 spiro atoms. The first-order valence-electron chi connectivity index (χ1n) is 20.2. The predicted octanol–water partition coefficient (Wildman–Crippen LogP) is 9.42. The molecular formula is C39H77NO9S. The number of carbonyl (C=O) groups is 3. The maximum atomic E-state index is 13.4. The van der Waals surface area contributed by atoms with E-state index >= 15 is 0 Å². The highest BCUT2D eigenvalue weighted by molar-refractivity contribution is 7.80. The third-order valence-corrected chi connectivity index (χ3v) is 9.96. The zero-order valence-corrected chi connectivity index (χ0v) is 33.3. The van der Waals surface area contributed by atoms with Crippen LogP contribution in [0.1, 0.15) is 200 Å². The van der Waals surface area contributed by atoms with Crippen molar-refractivity contribution in [2.24, 2.45) is 0 Å². The summed E-state index contributed by atoms with van der Waals surface area (Å²) >= 11 is 0. The maximum absolute atomic E-state index is 13.4. The van der Waals surface area contributed by atoms with E-state index in [0.717, 1.165) is 45.6 Å². The molecule has 0 fully saturated rings. The van der Waals surface area contributed by atoms with Gasteiger partial charge in [0, 0.05) is 6.42 Å². The molecule has 0 aromatic carbocycles. The Morgan fingerprint density at radius 3 is 1.18 bits per heavy atom. The Balaban J connectivity index is 0. The van der Waals surface area contributed by atoms with E-state index in [-0.39, 0.29) is 48.8 Å². The van der Waals surface area contributed by atoms with Gasteiger partial charge >= 0.3 is 11.9 Å². The molecule has 298 valence electrons. The summed E-state index contributed by atoms with van der Waals surface area (Å²) in [4.78, 5) is 37.8. The number of nitrogens with zero attached hydrogens (tertiary/aromatic N) is 1. The summed E-state index contributed by atoms with van der Waals surface area (Å²) < 4.78 is 30.8. The highest BCUT2D eigenvalue weighted by atomic mass is 32.3. The summed E-state index contributed by atoms with van der Waals surface area (Å²) in [7, 11) is -3.60. The van der Waals surface area contributed by atoms with Crippen LogP contribution >= 0.6 is 0 Å². The molecule has 0 aliphatic carbocycles. The lowest BCUT2D eigenvalue weighted by molar-refractivity contribution is -0.847. The van der Waals surface area contributed by atoms with Crippen molar-refractivity contribution >= 4 is 28.1 Å². The van der Waals surface area contributed by atoms with Gasteiger partial charge in [-0.1, -0.05) is 168 Å². The number of Topliss-reactive ketones (excluding diaryl/α,β-unsaturated/α-hetero) is 1. The van der Waals surface area contributed by atoms with Gasteiger partial charge in [-0.15, -0.1) is 0 Å². The molecule has 0 saturated carbocycles. The molecule has 0 radical (unpaired) electrons. The fourth-order valence-electron chi connectivity index (χ4n) is 6.40. The summed E-state index contributed by atoms with van der Waals surface area (Å²) in [6, 6.07) is 0. The minimum absolute atomic E-state index is 0.0172. The summed E-state index contributed by atoms with van der Waals surface area (Å²) in [5.74, 6) is -1.03. The first-order chi connectivity index (χ1) is 24.0. The number of rotatable bonds is 36. The number of amides is 1. The summed E-state index contributed by atoms with van der Waals surface area (Å²) in [6.07, 6.45) is 32.9. The summed E-state index contributed by atoms with van der Waals surface area (Å²) in [5, 5.41) is 19.1. The molecule has 0 aliphatic rings. The number of carboxylic acid groups (broad SMARTS) is 1. The Hall–Kier alpha value is -1.40. The molecule has 1 amide bonds. The quantitative estimate of drug-likeness (QED) is 0.0277. The fraction of sp³-hybridized carbons (Fsp3) is 0.923. The van der Waals surface area contributed by atoms with Gasteiger partial charge in [-0.2, -0.15) is 0 Å². The van der Waals surface area contributed by atoms with Gasteiger partial charge in [0.1, 0.15) is 13.1 Å². The Labute approximate surface area is 307 Å². The SMILES string of the molecule is CCCCCCCCCCCCCCCC(=O)C[N+](CCO)(CCC(=O)O)C(=O)CCCCCCCCCCCCCCC.COS(=O)(=O)[O-]. The van der Waals surface area contributed by atoms with Gasteiger partial charge in [-0.3, -0.25) is 18.3 Å². The minimum atomic E-state index is -4.41. The van der Waals surface area contributed by atoms with Crippen molar-refractivity contribution in [1.29, 1.82) is 0 Å². The van der Waals surface area contributed by atoms with Gasteiger partial charge in [0.25, 0.3) is 0 Å². The van der Waals surface area contributed by atoms with E-state index in [4.69, 9.17) is 0 Å². The minimum Gasteiger partial charge on any atom is -0.726 e. The molecule has 2 N–H and O–H groups in total. The van der Waals surface area contributed by atoms with Gasteiger partial charge in [0.15, 0.2) is 5.78 Å². The van der Waals surface area contributed by atoms with E-state index < -0.39 is 16.4 Å². The van der Waals surface area contributed by atoms with Crippen molar-refractivity contribution in [3.8, 4) is 0 Å². The number of hydrogen-bond donors (Lipinski definition) is 2. The number of carboxylic acids is 1. The zero-order valence-electron chi connectivity index (χ0n) is 32.4. The van der Waals surface area contributed by atoms with E-state index in [1.165, 1.54) is 128 Å². The topological polar surface area (TPSA) is 158 Å². The molecule has 0 heterocycles. The summed E-state index contributed by atoms with van der Waals surface area (Å²) in [6.45, 7) is 4.50. The number of hydrogen-bond acceptors (Lipinski definition) is 8. The molecular weight excluding hydrogens is 658 g/mol. The van der Waals surface area contributed by atoms with Gasteiger partial charge in [0.2, 0.25) is 10.4 Å². The van der Waals surface area contributed by atoms with Crippen LogP contribution < -0.4 is 0 Å². The van der Waals surface area contributed by atoms with Crippen molar-refractivity contribution in [3.63, 3.8) is 0 Å². The molecule has 50 heavy (non-hydrogen) atoms. The Bertz CT molecular complexity index is 913. The molecule has 0 aromatic rings. The average Bonchev–Trinajstić information content (AvgIpc) is 3.07. The monoisotopic (exact) mass is 736 g/mol. The molecule has 10 nitrogen and oxygen atoms in total. The van der Waals surface area contributed by atoms with Gasteiger partial charge in [0.05, 0.1) is 33.1 Å². The normalized spacial score (nSPS) is 12.7. The number of aliphatic hydroxyl groups is 1. The van der Waals surface area contributed by atoms with Crippen LogP contribution in [0.25, 0.3) is 0 Å². The maximum Gasteiger partial charge on any atom is 0.314 e. The van der Waals surface area contributed by atoms with E-state index in [1.807, 2.05) is 0 Å². The second kappa shape index (κ2) is 36.0. The first kappa shape index (κ1) is 50.7. The van der Waals surface area contributed by atoms with Crippen LogP contribution in [0.15, 0.2) is 0 Å². The molecule has 0 bridgehead atoms. The number of aliphatic carboxylic acids is 1. The lowest BCUT2D eigenvalue weighted by atomic mass is 10.0. The lowest BCUT2D eigenvalue weighted by Crippen LogP contribution is -2.57. The van der Waals surface area contributed by atoms with Crippen LogP contribution in [0.4, 0.5) is 0 Å². The summed E-state index contributed by atoms with van der Waals surface area (Å²) in [5.41, 5.74) is 0. The van der Waals surface area contributed by atoms with Crippen molar-refractivity contribution in [2.75, 3.05) is 33.4 Å². The lowest BCUT2D eigenvalue weighted by Gasteiger charge is -2.34. The second-order valence-corrected chi connectivity index (χ2v) is 15.3. The molecule has 0 rings (SSSR count). The van der Waals surface area contributed by atoms with Crippen molar-refractivity contribution in [2.45, 2.75) is 200 Å². The third kappa shape index (κ3) is 35.0. The van der Waals surface area contributed by atoms with Crippen LogP contribution in [-0.2, 0) is 29.0 Å². The highest BCUT2D eigenvalue weighted by Gasteiger charge is 2.38. The number of quaternary nitrogens is 1. The van der Waals surface area contributed by atoms with E-state index in [1.54, 1.807) is 0 Å². The molecule has 1 atom stereocenters. The molecule has 0 saturated heterocycles. The fourth-order valence-corrected chi connectivity index (χ4v) is 6.40. The van der Waals surface area contributed by atoms with E-state index in [0.29, 0.717) is 12.8 Å². The van der Waals surface area contributed by atoms with Crippen LogP contribution in [0.3, 0.4) is 0 Å². The number of unbranched alkanes of at least 4 members (excludes halogenated alkanes) is 24. The number of aliphatic hydroxyl groups excluding tert-OH is 1. The van der Waals surface area contributed by atoms with E-state index in [9.17, 15) is 37.6 Å². The number of carbonyl (C=O) groups excluding carboxylic acids is 2. The van der Waals surface area contributed by atoms with Crippen LogP contribution in [0.5, 0.6) is 0 Å². The molecule has 11 heteroatoms. The Morgan fingerprint density at radius 2 is 0.880 bits per heavy atom. The Morgan fingerprint density at radius 1 is 0.560 bits per heavy atom. The smallest absolute Gasteiger partial charge is 0.314 e. The molecule has 0 aliphatic heterocycles. The van der Waals surface area contributed by atoms with Crippen molar-refractivity contribution in [1.82, 2.24) is 0 Å². The predicted molar refractivity (Wildman–Crippen MR) is 202 cm³/mol. The third-order valence-electron chi connectivity index (χ3n) is 9.55. The van der Waals surface area contributed by atoms with Gasteiger partial charge in [-0.25, -0.2) is 13.2 Å². The Kier molecular flexibility index (Phi) is 36.5. The standard InChI is InChI=1S/C38H73NO5.CH4O4S/c1-3-5-7-9-11-13-15-17-19-21-23-25-27-29-36(41)35-39(33-34-40,32-31-38(43)44)37(42)30-28-26-24-22-20-18-16-14-12-10-8-6-4-2;1-5-6(2,3)4/h40H,3-35H2,1-2H3;1H3,(H,2,3,4).